The zero-order valence-electron chi connectivity index (χ0n) is 19.0. The minimum atomic E-state index is -0.218. The molecule has 172 valence electrons. The van der Waals surface area contributed by atoms with E-state index in [0.29, 0.717) is 5.56 Å². The molecule has 0 saturated carbocycles. The molecule has 1 aliphatic carbocycles. The number of likely N-dealkylation sites (N-methyl/N-ethyl adjacent to an activating group) is 1. The molecule has 0 radical (unpaired) electrons. The molecule has 0 spiro atoms. The van der Waals surface area contributed by atoms with Crippen LogP contribution in [0, 0.1) is 0 Å². The number of H-pyrrole nitrogens is 1. The number of nitrogens with zero attached hydrogens (tertiary/aromatic N) is 2. The van der Waals surface area contributed by atoms with Crippen LogP contribution in [0.5, 0.6) is 0 Å². The van der Waals surface area contributed by atoms with E-state index in [9.17, 15) is 9.59 Å². The number of aromatic amines is 1. The number of anilines is 2. The molecule has 0 atom stereocenters. The van der Waals surface area contributed by atoms with Crippen LogP contribution in [0.25, 0.3) is 10.9 Å². The van der Waals surface area contributed by atoms with Crippen molar-refractivity contribution in [3.63, 3.8) is 0 Å². The molecule has 2 N–H and O–H groups in total. The fourth-order valence-electron chi connectivity index (χ4n) is 4.82. The number of hydrogen-bond donors (Lipinski definition) is 2. The summed E-state index contributed by atoms with van der Waals surface area (Å²) in [6, 6.07) is 13.6. The van der Waals surface area contributed by atoms with Crippen LogP contribution in [-0.4, -0.2) is 61.6 Å². The first-order chi connectivity index (χ1) is 16.1. The van der Waals surface area contributed by atoms with Crippen molar-refractivity contribution in [3.05, 3.63) is 59.3 Å². The van der Waals surface area contributed by atoms with Crippen LogP contribution in [0.3, 0.4) is 0 Å². The van der Waals surface area contributed by atoms with E-state index < -0.39 is 0 Å². The summed E-state index contributed by atoms with van der Waals surface area (Å²) in [5.41, 5.74) is 6.17. The summed E-state index contributed by atoms with van der Waals surface area (Å²) < 4.78 is 5.39. The Morgan fingerprint density at radius 2 is 1.82 bits per heavy atom. The van der Waals surface area contributed by atoms with E-state index >= 15 is 0 Å². The normalized spacial score (nSPS) is 15.8. The van der Waals surface area contributed by atoms with Crippen molar-refractivity contribution in [3.8, 4) is 0 Å². The molecule has 5 rings (SSSR count). The molecule has 0 bridgehead atoms. The number of nitrogens with one attached hydrogen (secondary N) is 2. The predicted octanol–water partition coefficient (Wildman–Crippen LogP) is 3.59. The number of morpholine rings is 1. The van der Waals surface area contributed by atoms with Crippen LogP contribution in [0.4, 0.5) is 11.4 Å². The Morgan fingerprint density at radius 1 is 1.06 bits per heavy atom. The lowest BCUT2D eigenvalue weighted by Gasteiger charge is -2.28. The molecular formula is C26H30N4O3. The van der Waals surface area contributed by atoms with Gasteiger partial charge in [0.1, 0.15) is 0 Å². The smallest absolute Gasteiger partial charge is 0.254 e. The number of ether oxygens (including phenoxy) is 1. The first kappa shape index (κ1) is 21.5. The first-order valence-electron chi connectivity index (χ1n) is 11.7. The van der Waals surface area contributed by atoms with Crippen LogP contribution in [0.15, 0.2) is 42.5 Å². The van der Waals surface area contributed by atoms with Gasteiger partial charge in [-0.1, -0.05) is 0 Å². The number of benzene rings is 2. The van der Waals surface area contributed by atoms with Crippen molar-refractivity contribution in [2.24, 2.45) is 0 Å². The van der Waals surface area contributed by atoms with Crippen LogP contribution in [0.1, 0.15) is 34.5 Å². The third kappa shape index (κ3) is 4.59. The van der Waals surface area contributed by atoms with E-state index in [2.05, 4.69) is 15.2 Å². The van der Waals surface area contributed by atoms with E-state index in [-0.39, 0.29) is 18.4 Å². The van der Waals surface area contributed by atoms with Crippen LogP contribution < -0.4 is 10.2 Å². The highest BCUT2D eigenvalue weighted by molar-refractivity contribution is 6.02. The van der Waals surface area contributed by atoms with Crippen molar-refractivity contribution in [1.82, 2.24) is 9.88 Å². The van der Waals surface area contributed by atoms with Crippen molar-refractivity contribution >= 4 is 34.1 Å². The quantitative estimate of drug-likeness (QED) is 0.628. The molecule has 7 nitrogen and oxygen atoms in total. The highest BCUT2D eigenvalue weighted by Gasteiger charge is 2.19. The molecule has 1 fully saturated rings. The van der Waals surface area contributed by atoms with Crippen molar-refractivity contribution in [2.45, 2.75) is 25.7 Å². The van der Waals surface area contributed by atoms with Gasteiger partial charge < -0.3 is 24.8 Å². The summed E-state index contributed by atoms with van der Waals surface area (Å²) in [6.45, 7) is 3.20. The number of fused-ring (bicyclic) bond motifs is 3. The van der Waals surface area contributed by atoms with Gasteiger partial charge in [-0.2, -0.15) is 0 Å². The number of rotatable bonds is 5. The standard InChI is InChI=1S/C26H30N4O3/c1-29(17-25(31)27-19-7-9-20(10-8-19)30-12-14-33-15-13-30)26(32)18-6-11-24-22(16-18)21-4-2-3-5-23(21)28-24/h6-11,16,28H,2-5,12-15,17H2,1H3,(H,27,31). The largest absolute Gasteiger partial charge is 0.378 e. The monoisotopic (exact) mass is 446 g/mol. The molecule has 3 aromatic rings. The molecule has 2 aliphatic rings. The topological polar surface area (TPSA) is 77.7 Å². The van der Waals surface area contributed by atoms with Crippen LogP contribution in [0.2, 0.25) is 0 Å². The summed E-state index contributed by atoms with van der Waals surface area (Å²) in [7, 11) is 1.67. The van der Waals surface area contributed by atoms with Gasteiger partial charge in [-0.15, -0.1) is 0 Å². The maximum absolute atomic E-state index is 13.0. The number of carbonyl (C=O) groups excluding carboxylic acids is 2. The Balaban J connectivity index is 1.21. The summed E-state index contributed by atoms with van der Waals surface area (Å²) in [4.78, 5) is 32.8. The predicted molar refractivity (Wildman–Crippen MR) is 130 cm³/mol. The van der Waals surface area contributed by atoms with Gasteiger partial charge in [0.25, 0.3) is 5.91 Å². The zero-order valence-corrected chi connectivity index (χ0v) is 19.0. The van der Waals surface area contributed by atoms with Gasteiger partial charge in [-0.3, -0.25) is 9.59 Å². The average Bonchev–Trinajstić information content (AvgIpc) is 3.22. The van der Waals surface area contributed by atoms with Gasteiger partial charge in [0.05, 0.1) is 19.8 Å². The Kier molecular flexibility index (Phi) is 6.05. The molecule has 2 heterocycles. The second-order valence-corrected chi connectivity index (χ2v) is 8.91. The number of amides is 2. The number of carbonyl (C=O) groups is 2. The van der Waals surface area contributed by atoms with E-state index in [0.717, 1.165) is 61.4 Å². The Bertz CT molecular complexity index is 1160. The van der Waals surface area contributed by atoms with Gasteiger partial charge in [0.2, 0.25) is 5.91 Å². The molecule has 1 saturated heterocycles. The zero-order chi connectivity index (χ0) is 22.8. The number of aromatic nitrogens is 1. The van der Waals surface area contributed by atoms with E-state index in [1.165, 1.54) is 29.0 Å². The molecular weight excluding hydrogens is 416 g/mol. The van der Waals surface area contributed by atoms with Crippen LogP contribution >= 0.6 is 0 Å². The van der Waals surface area contributed by atoms with Gasteiger partial charge in [-0.25, -0.2) is 0 Å². The third-order valence-electron chi connectivity index (χ3n) is 6.60. The number of aryl methyl sites for hydroxylation is 2. The lowest BCUT2D eigenvalue weighted by Crippen LogP contribution is -2.36. The summed E-state index contributed by atoms with van der Waals surface area (Å²) >= 11 is 0. The third-order valence-corrected chi connectivity index (χ3v) is 6.60. The first-order valence-corrected chi connectivity index (χ1v) is 11.7. The molecule has 2 aromatic carbocycles. The second kappa shape index (κ2) is 9.27. The minimum absolute atomic E-state index is 0.00662. The van der Waals surface area contributed by atoms with Crippen molar-refractivity contribution in [2.75, 3.05) is 50.1 Å². The van der Waals surface area contributed by atoms with E-state index in [1.807, 2.05) is 42.5 Å². The highest BCUT2D eigenvalue weighted by Crippen LogP contribution is 2.30. The van der Waals surface area contributed by atoms with Gasteiger partial charge >= 0.3 is 0 Å². The van der Waals surface area contributed by atoms with Gasteiger partial charge in [0.15, 0.2) is 0 Å². The SMILES string of the molecule is CN(CC(=O)Nc1ccc(N2CCOCC2)cc1)C(=O)c1ccc2[nH]c3c(c2c1)CCCC3. The molecule has 33 heavy (non-hydrogen) atoms. The van der Waals surface area contributed by atoms with Crippen LogP contribution in [-0.2, 0) is 22.4 Å². The van der Waals surface area contributed by atoms with Gasteiger partial charge in [-0.05, 0) is 73.7 Å². The maximum atomic E-state index is 13.0. The fourth-order valence-corrected chi connectivity index (χ4v) is 4.82. The highest BCUT2D eigenvalue weighted by atomic mass is 16.5. The van der Waals surface area contributed by atoms with Gasteiger partial charge in [0, 0.05) is 53.7 Å². The second-order valence-electron chi connectivity index (χ2n) is 8.91. The fraction of sp³-hybridized carbons (Fsp3) is 0.385. The molecule has 2 amide bonds. The Hall–Kier alpha value is -3.32. The summed E-state index contributed by atoms with van der Waals surface area (Å²) in [5, 5.41) is 4.03. The maximum Gasteiger partial charge on any atom is 0.254 e. The van der Waals surface area contributed by atoms with Crippen molar-refractivity contribution < 1.29 is 14.3 Å². The van der Waals surface area contributed by atoms with E-state index in [1.54, 1.807) is 7.05 Å². The lowest BCUT2D eigenvalue weighted by molar-refractivity contribution is -0.116. The summed E-state index contributed by atoms with van der Waals surface area (Å²) in [6.07, 6.45) is 4.52. The summed E-state index contributed by atoms with van der Waals surface area (Å²) in [5.74, 6) is -0.370. The van der Waals surface area contributed by atoms with Crippen molar-refractivity contribution in [1.29, 1.82) is 0 Å². The lowest BCUT2D eigenvalue weighted by atomic mass is 9.95. The minimum Gasteiger partial charge on any atom is -0.378 e. The molecule has 7 heteroatoms. The van der Waals surface area contributed by atoms with E-state index in [4.69, 9.17) is 4.74 Å². The molecule has 1 aromatic heterocycles. The number of hydrogen-bond acceptors (Lipinski definition) is 4. The Morgan fingerprint density at radius 3 is 2.61 bits per heavy atom. The Labute approximate surface area is 193 Å². The molecule has 1 aliphatic heterocycles. The molecule has 0 unspecified atom stereocenters. The average molecular weight is 447 g/mol.